The summed E-state index contributed by atoms with van der Waals surface area (Å²) in [6, 6.07) is 10.2. The Labute approximate surface area is 112 Å². The number of fused-ring (bicyclic) bond motifs is 1. The first-order chi connectivity index (χ1) is 9.26. The van der Waals surface area contributed by atoms with Crippen LogP contribution < -0.4 is 15.4 Å². The van der Waals surface area contributed by atoms with Crippen molar-refractivity contribution in [2.75, 3.05) is 24.3 Å². The summed E-state index contributed by atoms with van der Waals surface area (Å²) in [5.74, 6) is 0.649. The van der Waals surface area contributed by atoms with Crippen LogP contribution in [0, 0.1) is 0 Å². The van der Waals surface area contributed by atoms with Crippen LogP contribution in [-0.4, -0.2) is 18.6 Å². The lowest BCUT2D eigenvalue weighted by molar-refractivity contribution is 0.398. The van der Waals surface area contributed by atoms with E-state index in [2.05, 4.69) is 22.0 Å². The van der Waals surface area contributed by atoms with Crippen LogP contribution >= 0.6 is 0 Å². The topological polar surface area (TPSA) is 51.4 Å². The fourth-order valence-electron chi connectivity index (χ4n) is 2.50. The van der Waals surface area contributed by atoms with Crippen molar-refractivity contribution in [3.05, 3.63) is 47.7 Å². The molecule has 2 heterocycles. The van der Waals surface area contributed by atoms with Crippen molar-refractivity contribution in [1.29, 1.82) is 0 Å². The van der Waals surface area contributed by atoms with Crippen molar-refractivity contribution < 1.29 is 4.74 Å². The average Bonchev–Trinajstić information content (AvgIpc) is 2.46. The van der Waals surface area contributed by atoms with E-state index in [0.29, 0.717) is 5.88 Å². The maximum absolute atomic E-state index is 5.86. The van der Waals surface area contributed by atoms with Crippen LogP contribution in [0.3, 0.4) is 0 Å². The van der Waals surface area contributed by atoms with E-state index in [1.807, 2.05) is 18.2 Å². The zero-order valence-corrected chi connectivity index (χ0v) is 11.0. The first kappa shape index (κ1) is 11.8. The fourth-order valence-corrected chi connectivity index (χ4v) is 2.50. The van der Waals surface area contributed by atoms with Crippen molar-refractivity contribution in [3.8, 4) is 5.88 Å². The lowest BCUT2D eigenvalue weighted by Gasteiger charge is -2.31. The normalized spacial score (nSPS) is 14.1. The van der Waals surface area contributed by atoms with Gasteiger partial charge in [-0.05, 0) is 35.7 Å². The third-order valence-electron chi connectivity index (χ3n) is 3.54. The number of methoxy groups -OCH3 is 1. The van der Waals surface area contributed by atoms with Crippen molar-refractivity contribution >= 4 is 11.4 Å². The van der Waals surface area contributed by atoms with Crippen LogP contribution in [0.5, 0.6) is 5.88 Å². The Morgan fingerprint density at radius 2 is 2.11 bits per heavy atom. The zero-order chi connectivity index (χ0) is 13.2. The number of nitrogen functional groups attached to an aromatic ring is 1. The van der Waals surface area contributed by atoms with E-state index >= 15 is 0 Å². The first-order valence-corrected chi connectivity index (χ1v) is 6.38. The van der Waals surface area contributed by atoms with Gasteiger partial charge in [-0.3, -0.25) is 0 Å². The standard InChI is InChI=1S/C15H17N3O/c1-19-15-9-14(4-6-17-15)18-7-5-11-2-3-13(16)8-12(11)10-18/h2-4,6,8-9H,5,7,10,16H2,1H3. The number of rotatable bonds is 2. The number of aromatic nitrogens is 1. The van der Waals surface area contributed by atoms with Crippen LogP contribution in [0.2, 0.25) is 0 Å². The molecular weight excluding hydrogens is 238 g/mol. The summed E-state index contributed by atoms with van der Waals surface area (Å²) in [7, 11) is 1.64. The summed E-state index contributed by atoms with van der Waals surface area (Å²) in [6.07, 6.45) is 2.82. The lowest BCUT2D eigenvalue weighted by atomic mass is 9.99. The molecule has 0 radical (unpaired) electrons. The van der Waals surface area contributed by atoms with Gasteiger partial charge in [-0.1, -0.05) is 6.07 Å². The van der Waals surface area contributed by atoms with E-state index in [9.17, 15) is 0 Å². The van der Waals surface area contributed by atoms with E-state index in [1.165, 1.54) is 11.1 Å². The third-order valence-corrected chi connectivity index (χ3v) is 3.54. The number of benzene rings is 1. The van der Waals surface area contributed by atoms with Crippen molar-refractivity contribution in [2.45, 2.75) is 13.0 Å². The van der Waals surface area contributed by atoms with Gasteiger partial charge in [0.2, 0.25) is 5.88 Å². The first-order valence-electron chi connectivity index (χ1n) is 6.38. The molecule has 1 aromatic heterocycles. The number of nitrogens with two attached hydrogens (primary N) is 1. The highest BCUT2D eigenvalue weighted by atomic mass is 16.5. The molecule has 2 N–H and O–H groups in total. The summed E-state index contributed by atoms with van der Waals surface area (Å²) in [4.78, 5) is 6.47. The van der Waals surface area contributed by atoms with E-state index in [4.69, 9.17) is 10.5 Å². The molecule has 0 fully saturated rings. The van der Waals surface area contributed by atoms with Gasteiger partial charge in [0.1, 0.15) is 0 Å². The Bertz CT molecular complexity index is 598. The average molecular weight is 255 g/mol. The quantitative estimate of drug-likeness (QED) is 0.836. The van der Waals surface area contributed by atoms with Crippen molar-refractivity contribution in [1.82, 2.24) is 4.98 Å². The summed E-state index contributed by atoms with van der Waals surface area (Å²) >= 11 is 0. The molecule has 1 aliphatic rings. The molecule has 1 aliphatic heterocycles. The summed E-state index contributed by atoms with van der Waals surface area (Å²) < 4.78 is 5.18. The Balaban J connectivity index is 1.88. The van der Waals surface area contributed by atoms with Crippen LogP contribution in [0.4, 0.5) is 11.4 Å². The Hall–Kier alpha value is -2.23. The molecule has 4 heteroatoms. The van der Waals surface area contributed by atoms with Crippen LogP contribution in [-0.2, 0) is 13.0 Å². The van der Waals surface area contributed by atoms with Crippen LogP contribution in [0.15, 0.2) is 36.5 Å². The molecule has 98 valence electrons. The van der Waals surface area contributed by atoms with Gasteiger partial charge in [-0.2, -0.15) is 0 Å². The molecular formula is C15H17N3O. The van der Waals surface area contributed by atoms with Gasteiger partial charge < -0.3 is 15.4 Å². The second kappa shape index (κ2) is 4.80. The highest BCUT2D eigenvalue weighted by molar-refractivity contribution is 5.53. The minimum Gasteiger partial charge on any atom is -0.481 e. The van der Waals surface area contributed by atoms with Gasteiger partial charge >= 0.3 is 0 Å². The third kappa shape index (κ3) is 2.34. The minimum absolute atomic E-state index is 0.649. The molecule has 0 aliphatic carbocycles. The molecule has 0 bridgehead atoms. The molecule has 0 atom stereocenters. The Morgan fingerprint density at radius 1 is 1.21 bits per heavy atom. The number of anilines is 2. The molecule has 0 saturated carbocycles. The Morgan fingerprint density at radius 3 is 2.95 bits per heavy atom. The molecule has 0 saturated heterocycles. The van der Waals surface area contributed by atoms with Gasteiger partial charge in [0.05, 0.1) is 7.11 Å². The largest absolute Gasteiger partial charge is 0.481 e. The number of nitrogens with zero attached hydrogens (tertiary/aromatic N) is 2. The Kier molecular flexibility index (Phi) is 2.99. The molecule has 0 amide bonds. The van der Waals surface area contributed by atoms with E-state index in [-0.39, 0.29) is 0 Å². The number of hydrogen-bond donors (Lipinski definition) is 1. The summed E-state index contributed by atoms with van der Waals surface area (Å²) in [5, 5.41) is 0. The number of ether oxygens (including phenoxy) is 1. The smallest absolute Gasteiger partial charge is 0.214 e. The molecule has 2 aromatic rings. The lowest BCUT2D eigenvalue weighted by Crippen LogP contribution is -2.30. The maximum atomic E-state index is 5.86. The highest BCUT2D eigenvalue weighted by Gasteiger charge is 2.17. The molecule has 1 aromatic carbocycles. The maximum Gasteiger partial charge on any atom is 0.214 e. The second-order valence-corrected chi connectivity index (χ2v) is 4.76. The highest BCUT2D eigenvalue weighted by Crippen LogP contribution is 2.27. The van der Waals surface area contributed by atoms with E-state index in [1.54, 1.807) is 13.3 Å². The molecule has 19 heavy (non-hydrogen) atoms. The summed E-state index contributed by atoms with van der Waals surface area (Å²) in [5.41, 5.74) is 10.5. The van der Waals surface area contributed by atoms with E-state index in [0.717, 1.165) is 30.9 Å². The van der Waals surface area contributed by atoms with Gasteiger partial charge in [-0.15, -0.1) is 0 Å². The molecule has 0 unspecified atom stereocenters. The van der Waals surface area contributed by atoms with Gasteiger partial charge in [-0.25, -0.2) is 4.98 Å². The molecule has 4 nitrogen and oxygen atoms in total. The van der Waals surface area contributed by atoms with Crippen molar-refractivity contribution in [3.63, 3.8) is 0 Å². The van der Waals surface area contributed by atoms with E-state index < -0.39 is 0 Å². The number of hydrogen-bond acceptors (Lipinski definition) is 4. The fraction of sp³-hybridized carbons (Fsp3) is 0.267. The monoisotopic (exact) mass is 255 g/mol. The molecule has 3 rings (SSSR count). The summed E-state index contributed by atoms with van der Waals surface area (Å²) in [6.45, 7) is 1.89. The predicted octanol–water partition coefficient (Wildman–Crippen LogP) is 2.24. The number of pyridine rings is 1. The van der Waals surface area contributed by atoms with Gasteiger partial charge in [0, 0.05) is 36.7 Å². The minimum atomic E-state index is 0.649. The van der Waals surface area contributed by atoms with Crippen LogP contribution in [0.25, 0.3) is 0 Å². The molecule has 0 spiro atoms. The SMILES string of the molecule is COc1cc(N2CCc3ccc(N)cc3C2)ccn1. The van der Waals surface area contributed by atoms with Crippen LogP contribution in [0.1, 0.15) is 11.1 Å². The second-order valence-electron chi connectivity index (χ2n) is 4.76. The predicted molar refractivity (Wildman–Crippen MR) is 76.4 cm³/mol. The van der Waals surface area contributed by atoms with Gasteiger partial charge in [0.25, 0.3) is 0 Å². The van der Waals surface area contributed by atoms with Gasteiger partial charge in [0.15, 0.2) is 0 Å². The van der Waals surface area contributed by atoms with Crippen molar-refractivity contribution in [2.24, 2.45) is 0 Å². The zero-order valence-electron chi connectivity index (χ0n) is 11.0.